The average Bonchev–Trinajstić information content (AvgIpc) is 3.07. The summed E-state index contributed by atoms with van der Waals surface area (Å²) in [6.45, 7) is 8.90. The van der Waals surface area contributed by atoms with E-state index < -0.39 is 0 Å². The summed E-state index contributed by atoms with van der Waals surface area (Å²) in [5.41, 5.74) is -0.216. The van der Waals surface area contributed by atoms with Crippen molar-refractivity contribution < 1.29 is 9.59 Å². The molecule has 0 aromatic heterocycles. The first kappa shape index (κ1) is 14.4. The Balaban J connectivity index is 2.21. The maximum Gasteiger partial charge on any atom is 0.245 e. The van der Waals surface area contributed by atoms with Crippen molar-refractivity contribution in [3.63, 3.8) is 0 Å². The van der Waals surface area contributed by atoms with E-state index in [1.54, 1.807) is 0 Å². The highest BCUT2D eigenvalue weighted by molar-refractivity contribution is 5.97. The van der Waals surface area contributed by atoms with Crippen LogP contribution in [0.4, 0.5) is 0 Å². The Morgan fingerprint density at radius 3 is 2.37 bits per heavy atom. The second-order valence-electron chi connectivity index (χ2n) is 7.05. The number of hydrogen-bond acceptors (Lipinski definition) is 2. The van der Waals surface area contributed by atoms with Gasteiger partial charge in [0.05, 0.1) is 0 Å². The Labute approximate surface area is 115 Å². The molecule has 0 aromatic rings. The molecule has 2 unspecified atom stereocenters. The average molecular weight is 266 g/mol. The molecule has 1 saturated carbocycles. The highest BCUT2D eigenvalue weighted by Crippen LogP contribution is 2.35. The van der Waals surface area contributed by atoms with Gasteiger partial charge >= 0.3 is 0 Å². The predicted octanol–water partition coefficient (Wildman–Crippen LogP) is 1.94. The topological polar surface area (TPSA) is 49.4 Å². The Morgan fingerprint density at radius 1 is 1.26 bits per heavy atom. The van der Waals surface area contributed by atoms with Crippen LogP contribution < -0.4 is 5.32 Å². The van der Waals surface area contributed by atoms with E-state index in [1.165, 1.54) is 12.8 Å². The molecule has 1 aliphatic heterocycles. The van der Waals surface area contributed by atoms with Gasteiger partial charge in [-0.25, -0.2) is 0 Å². The van der Waals surface area contributed by atoms with Crippen molar-refractivity contribution in [2.24, 2.45) is 11.3 Å². The minimum atomic E-state index is -0.325. The smallest absolute Gasteiger partial charge is 0.245 e. The second kappa shape index (κ2) is 5.14. The van der Waals surface area contributed by atoms with Crippen LogP contribution in [-0.4, -0.2) is 35.3 Å². The molecule has 0 aromatic carbocycles. The molecular weight excluding hydrogens is 240 g/mol. The van der Waals surface area contributed by atoms with Crippen LogP contribution in [0.1, 0.15) is 53.4 Å². The summed E-state index contributed by atoms with van der Waals surface area (Å²) in [5.74, 6) is 0.751. The molecule has 1 heterocycles. The van der Waals surface area contributed by atoms with Crippen LogP contribution in [0, 0.1) is 11.3 Å². The number of amides is 2. The van der Waals surface area contributed by atoms with Crippen molar-refractivity contribution in [3.05, 3.63) is 0 Å². The van der Waals surface area contributed by atoms with E-state index in [0.717, 1.165) is 19.4 Å². The summed E-state index contributed by atoms with van der Waals surface area (Å²) >= 11 is 0. The Bertz CT molecular complexity index is 369. The fourth-order valence-electron chi connectivity index (χ4n) is 2.90. The van der Waals surface area contributed by atoms with Crippen LogP contribution in [-0.2, 0) is 9.59 Å². The number of nitrogens with one attached hydrogen (secondary N) is 1. The highest BCUT2D eigenvalue weighted by Gasteiger charge is 2.46. The molecule has 2 atom stereocenters. The summed E-state index contributed by atoms with van der Waals surface area (Å²) in [5, 5.41) is 2.92. The van der Waals surface area contributed by atoms with E-state index in [1.807, 2.05) is 32.6 Å². The van der Waals surface area contributed by atoms with Gasteiger partial charge in [-0.1, -0.05) is 34.1 Å². The summed E-state index contributed by atoms with van der Waals surface area (Å²) in [6, 6.07) is -0.636. The molecule has 0 radical (unpaired) electrons. The fraction of sp³-hybridized carbons (Fsp3) is 0.867. The lowest BCUT2D eigenvalue weighted by molar-refractivity contribution is -0.154. The number of carbonyl (C=O) groups is 2. The van der Waals surface area contributed by atoms with E-state index in [2.05, 4.69) is 5.32 Å². The number of nitrogens with zero attached hydrogens (tertiary/aromatic N) is 1. The van der Waals surface area contributed by atoms with Crippen LogP contribution in [0.15, 0.2) is 0 Å². The van der Waals surface area contributed by atoms with Gasteiger partial charge in [0.15, 0.2) is 0 Å². The third kappa shape index (κ3) is 3.10. The lowest BCUT2D eigenvalue weighted by Gasteiger charge is -2.45. The number of hydrogen-bond donors (Lipinski definition) is 1. The minimum Gasteiger partial charge on any atom is -0.342 e. The normalized spacial score (nSPS) is 28.5. The van der Waals surface area contributed by atoms with Gasteiger partial charge in [-0.3, -0.25) is 9.59 Å². The monoisotopic (exact) mass is 266 g/mol. The molecule has 1 saturated heterocycles. The van der Waals surface area contributed by atoms with Gasteiger partial charge < -0.3 is 10.2 Å². The zero-order chi connectivity index (χ0) is 14.2. The molecular formula is C15H26N2O2. The number of rotatable bonds is 4. The second-order valence-corrected chi connectivity index (χ2v) is 7.05. The van der Waals surface area contributed by atoms with Gasteiger partial charge in [-0.15, -0.1) is 0 Å². The third-order valence-corrected chi connectivity index (χ3v) is 4.01. The number of carbonyl (C=O) groups excluding carboxylic acids is 2. The summed E-state index contributed by atoms with van der Waals surface area (Å²) < 4.78 is 0. The van der Waals surface area contributed by atoms with Crippen LogP contribution in [0.25, 0.3) is 0 Å². The Morgan fingerprint density at radius 2 is 1.89 bits per heavy atom. The van der Waals surface area contributed by atoms with Gasteiger partial charge in [0.25, 0.3) is 0 Å². The third-order valence-electron chi connectivity index (χ3n) is 4.01. The van der Waals surface area contributed by atoms with Gasteiger partial charge in [0, 0.05) is 6.54 Å². The molecule has 2 amide bonds. The zero-order valence-corrected chi connectivity index (χ0v) is 12.5. The van der Waals surface area contributed by atoms with Gasteiger partial charge in [-0.05, 0) is 30.6 Å². The van der Waals surface area contributed by atoms with E-state index in [-0.39, 0.29) is 29.3 Å². The van der Waals surface area contributed by atoms with Crippen molar-refractivity contribution >= 4 is 11.8 Å². The zero-order valence-electron chi connectivity index (χ0n) is 12.5. The van der Waals surface area contributed by atoms with Crippen LogP contribution >= 0.6 is 0 Å². The predicted molar refractivity (Wildman–Crippen MR) is 74.5 cm³/mol. The van der Waals surface area contributed by atoms with Crippen molar-refractivity contribution in [2.45, 2.75) is 65.5 Å². The molecule has 1 aliphatic carbocycles. The molecule has 4 nitrogen and oxygen atoms in total. The first-order chi connectivity index (χ1) is 8.84. The van der Waals surface area contributed by atoms with Crippen LogP contribution in [0.5, 0.6) is 0 Å². The molecule has 0 bridgehead atoms. The Kier molecular flexibility index (Phi) is 3.88. The first-order valence-electron chi connectivity index (χ1n) is 7.45. The molecule has 4 heteroatoms. The standard InChI is InChI=1S/C15H26N2O2/c1-5-6-11-14(19)17(9-10-7-8-10)12(13(18)16-11)15(2,3)4/h10-12H,5-9H2,1-4H3,(H,16,18). The van der Waals surface area contributed by atoms with Crippen molar-refractivity contribution in [3.8, 4) is 0 Å². The fourth-order valence-corrected chi connectivity index (χ4v) is 2.90. The van der Waals surface area contributed by atoms with Crippen molar-refractivity contribution in [1.82, 2.24) is 10.2 Å². The molecule has 1 N–H and O–H groups in total. The van der Waals surface area contributed by atoms with Gasteiger partial charge in [0.2, 0.25) is 11.8 Å². The van der Waals surface area contributed by atoms with E-state index in [0.29, 0.717) is 5.92 Å². The quantitative estimate of drug-likeness (QED) is 0.845. The van der Waals surface area contributed by atoms with Gasteiger partial charge in [-0.2, -0.15) is 0 Å². The van der Waals surface area contributed by atoms with E-state index in [4.69, 9.17) is 0 Å². The largest absolute Gasteiger partial charge is 0.342 e. The summed E-state index contributed by atoms with van der Waals surface area (Å²) in [6.07, 6.45) is 4.04. The molecule has 0 spiro atoms. The summed E-state index contributed by atoms with van der Waals surface area (Å²) in [7, 11) is 0. The molecule has 2 aliphatic rings. The first-order valence-corrected chi connectivity index (χ1v) is 7.45. The minimum absolute atomic E-state index is 0.0196. The van der Waals surface area contributed by atoms with Crippen LogP contribution in [0.2, 0.25) is 0 Å². The van der Waals surface area contributed by atoms with Crippen molar-refractivity contribution in [2.75, 3.05) is 6.54 Å². The maximum absolute atomic E-state index is 12.6. The Hall–Kier alpha value is -1.06. The molecule has 108 valence electrons. The lowest BCUT2D eigenvalue weighted by atomic mass is 9.82. The SMILES string of the molecule is CCCC1NC(=O)C(C(C)(C)C)N(CC2CC2)C1=O. The van der Waals surface area contributed by atoms with Crippen LogP contribution in [0.3, 0.4) is 0 Å². The maximum atomic E-state index is 12.6. The number of piperazine rings is 1. The highest BCUT2D eigenvalue weighted by atomic mass is 16.2. The van der Waals surface area contributed by atoms with Crippen molar-refractivity contribution in [1.29, 1.82) is 0 Å². The summed E-state index contributed by atoms with van der Waals surface area (Å²) in [4.78, 5) is 26.8. The van der Waals surface area contributed by atoms with Gasteiger partial charge in [0.1, 0.15) is 12.1 Å². The molecule has 2 rings (SSSR count). The van der Waals surface area contributed by atoms with E-state index >= 15 is 0 Å². The lowest BCUT2D eigenvalue weighted by Crippen LogP contribution is -2.66. The molecule has 19 heavy (non-hydrogen) atoms. The van der Waals surface area contributed by atoms with E-state index in [9.17, 15) is 9.59 Å². The molecule has 2 fully saturated rings.